The van der Waals surface area contributed by atoms with Crippen molar-refractivity contribution in [3.8, 4) is 23.3 Å². The Kier molecular flexibility index (Phi) is 9.67. The highest BCUT2D eigenvalue weighted by molar-refractivity contribution is 6.04. The first-order chi connectivity index (χ1) is 27.4. The van der Waals surface area contributed by atoms with E-state index in [-0.39, 0.29) is 36.4 Å². The zero-order valence-corrected chi connectivity index (χ0v) is 31.0. The van der Waals surface area contributed by atoms with Crippen LogP contribution in [-0.4, -0.2) is 83.8 Å². The molecule has 0 aliphatic carbocycles. The zero-order valence-electron chi connectivity index (χ0n) is 31.0. The van der Waals surface area contributed by atoms with Gasteiger partial charge in [-0.15, -0.1) is 0 Å². The molecular formula is C45H43N5O6. The van der Waals surface area contributed by atoms with Crippen LogP contribution in [0.25, 0.3) is 0 Å². The Balaban J connectivity index is 1.08. The predicted molar refractivity (Wildman–Crippen MR) is 209 cm³/mol. The fourth-order valence-corrected chi connectivity index (χ4v) is 8.85. The van der Waals surface area contributed by atoms with Crippen molar-refractivity contribution in [1.29, 1.82) is 5.26 Å². The molecule has 4 aromatic carbocycles. The molecule has 2 unspecified atom stereocenters. The van der Waals surface area contributed by atoms with Crippen LogP contribution < -0.4 is 14.4 Å². The van der Waals surface area contributed by atoms with E-state index < -0.39 is 5.92 Å². The highest BCUT2D eigenvalue weighted by Gasteiger charge is 2.45. The molecule has 4 aromatic rings. The smallest absolute Gasteiger partial charge is 0.254 e. The van der Waals surface area contributed by atoms with E-state index in [0.29, 0.717) is 53.5 Å². The fraction of sp³-hybridized carbons (Fsp3) is 0.311. The second kappa shape index (κ2) is 15.2. The van der Waals surface area contributed by atoms with Crippen molar-refractivity contribution in [3.05, 3.63) is 137 Å². The van der Waals surface area contributed by atoms with E-state index in [4.69, 9.17) is 14.2 Å². The Morgan fingerprint density at radius 1 is 0.911 bits per heavy atom. The lowest BCUT2D eigenvalue weighted by Crippen LogP contribution is -2.47. The maximum atomic E-state index is 15.2. The van der Waals surface area contributed by atoms with E-state index >= 15 is 9.59 Å². The Morgan fingerprint density at radius 3 is 2.50 bits per heavy atom. The maximum Gasteiger partial charge on any atom is 0.254 e. The number of morpholine rings is 1. The average Bonchev–Trinajstić information content (AvgIpc) is 3.88. The van der Waals surface area contributed by atoms with E-state index in [1.54, 1.807) is 47.4 Å². The minimum atomic E-state index is -0.582. The topological polar surface area (TPSA) is 119 Å². The lowest BCUT2D eigenvalue weighted by molar-refractivity contribution is -0.120. The molecule has 0 radical (unpaired) electrons. The summed E-state index contributed by atoms with van der Waals surface area (Å²) in [7, 11) is 0. The maximum absolute atomic E-state index is 15.2. The monoisotopic (exact) mass is 749 g/mol. The number of aromatic hydroxyl groups is 1. The number of phenols is 1. The third kappa shape index (κ3) is 6.76. The van der Waals surface area contributed by atoms with Gasteiger partial charge in [0, 0.05) is 55.7 Å². The van der Waals surface area contributed by atoms with Crippen LogP contribution in [0.15, 0.2) is 109 Å². The van der Waals surface area contributed by atoms with Gasteiger partial charge in [0.25, 0.3) is 5.91 Å². The fourth-order valence-electron chi connectivity index (χ4n) is 8.85. The number of phenolic OH excluding ortho intramolecular Hbond substituents is 1. The van der Waals surface area contributed by atoms with Crippen molar-refractivity contribution in [2.24, 2.45) is 5.92 Å². The second-order valence-corrected chi connectivity index (χ2v) is 14.9. The first-order valence-corrected chi connectivity index (χ1v) is 19.3. The van der Waals surface area contributed by atoms with E-state index in [0.717, 1.165) is 62.5 Å². The van der Waals surface area contributed by atoms with Crippen LogP contribution in [0.3, 0.4) is 0 Å². The number of rotatable bonds is 8. The number of amides is 2. The molecule has 0 spiro atoms. The normalized spacial score (nSPS) is 21.2. The molecule has 2 amide bonds. The van der Waals surface area contributed by atoms with Crippen LogP contribution in [0, 0.1) is 17.2 Å². The van der Waals surface area contributed by atoms with Gasteiger partial charge in [-0.25, -0.2) is 0 Å². The third-order valence-electron chi connectivity index (χ3n) is 11.7. The molecule has 3 atom stereocenters. The van der Waals surface area contributed by atoms with Crippen LogP contribution in [0.4, 0.5) is 11.4 Å². The average molecular weight is 750 g/mol. The van der Waals surface area contributed by atoms with Crippen LogP contribution in [0.2, 0.25) is 0 Å². The molecule has 11 heteroatoms. The Hall–Kier alpha value is -6.09. The SMILES string of the molecule is N#Cc1cccc(N(C(=O)C2CC(c3cc4c(cc3C(=O)N3Cc5ccccc5C[C@H]3CCN3CCOCC3)OCO4)N3CC=CC=C23)c2ccc(O)cc2)c1. The van der Waals surface area contributed by atoms with Gasteiger partial charge < -0.3 is 29.1 Å². The summed E-state index contributed by atoms with van der Waals surface area (Å²) < 4.78 is 17.4. The molecular weight excluding hydrogens is 707 g/mol. The summed E-state index contributed by atoms with van der Waals surface area (Å²) in [6.07, 6.45) is 8.05. The minimum Gasteiger partial charge on any atom is -0.508 e. The number of hydrogen-bond donors (Lipinski definition) is 1. The van der Waals surface area contributed by atoms with Gasteiger partial charge in [-0.1, -0.05) is 42.5 Å². The molecule has 284 valence electrons. The van der Waals surface area contributed by atoms with Gasteiger partial charge in [-0.05, 0) is 96.6 Å². The number of carbonyl (C=O) groups is 2. The Bertz CT molecular complexity index is 2260. The molecule has 1 N–H and O–H groups in total. The minimum absolute atomic E-state index is 0.00663. The van der Waals surface area contributed by atoms with Crippen LogP contribution >= 0.6 is 0 Å². The van der Waals surface area contributed by atoms with Crippen molar-refractivity contribution in [2.75, 3.05) is 51.1 Å². The van der Waals surface area contributed by atoms with Crippen molar-refractivity contribution in [1.82, 2.24) is 14.7 Å². The van der Waals surface area contributed by atoms with Crippen molar-refractivity contribution >= 4 is 23.2 Å². The number of nitrogens with zero attached hydrogens (tertiary/aromatic N) is 5. The summed E-state index contributed by atoms with van der Waals surface area (Å²) in [5.74, 6) is 0.378. The molecule has 2 saturated heterocycles. The molecule has 5 aliphatic rings. The molecule has 0 saturated carbocycles. The van der Waals surface area contributed by atoms with Crippen LogP contribution in [0.1, 0.15) is 51.5 Å². The third-order valence-corrected chi connectivity index (χ3v) is 11.7. The molecule has 5 aliphatic heterocycles. The van der Waals surface area contributed by atoms with Gasteiger partial charge in [0.05, 0.1) is 42.5 Å². The Morgan fingerprint density at radius 2 is 1.70 bits per heavy atom. The first kappa shape index (κ1) is 35.6. The van der Waals surface area contributed by atoms with Gasteiger partial charge in [0.1, 0.15) is 5.75 Å². The van der Waals surface area contributed by atoms with Gasteiger partial charge in [-0.3, -0.25) is 19.4 Å². The summed E-state index contributed by atoms with van der Waals surface area (Å²) in [6, 6.07) is 27.5. The van der Waals surface area contributed by atoms with Gasteiger partial charge in [0.15, 0.2) is 11.5 Å². The highest BCUT2D eigenvalue weighted by Crippen LogP contribution is 2.49. The molecule has 2 fully saturated rings. The summed E-state index contributed by atoms with van der Waals surface area (Å²) in [5, 5.41) is 19.9. The van der Waals surface area contributed by atoms with Crippen LogP contribution in [0.5, 0.6) is 17.2 Å². The summed E-state index contributed by atoms with van der Waals surface area (Å²) in [6.45, 7) is 5.24. The molecule has 5 heterocycles. The van der Waals surface area contributed by atoms with Gasteiger partial charge >= 0.3 is 0 Å². The first-order valence-electron chi connectivity index (χ1n) is 19.3. The number of allylic oxidation sites excluding steroid dienone is 2. The van der Waals surface area contributed by atoms with Crippen molar-refractivity contribution in [2.45, 2.75) is 37.9 Å². The van der Waals surface area contributed by atoms with Gasteiger partial charge in [-0.2, -0.15) is 5.26 Å². The number of nitriles is 1. The standard InChI is InChI=1S/C45H43N5O6/c46-27-30-6-5-9-35(22-30)50(33-11-13-36(51)14-12-33)45(53)39-24-41(48-16-4-3-10-40(39)48)37-25-42-43(56-29-55-42)26-38(37)44(52)49-28-32-8-2-1-7-31(32)23-34(49)15-17-47-18-20-54-21-19-47/h1-14,22,25-26,34,39,41,51H,15-21,23-24,28-29H2/t34-,39?,41?/m1/s1. The number of anilines is 2. The van der Waals surface area contributed by atoms with E-state index in [9.17, 15) is 10.4 Å². The summed E-state index contributed by atoms with van der Waals surface area (Å²) in [4.78, 5) is 38.6. The highest BCUT2D eigenvalue weighted by atomic mass is 16.7. The molecule has 11 nitrogen and oxygen atoms in total. The Labute approximate surface area is 326 Å². The summed E-state index contributed by atoms with van der Waals surface area (Å²) >= 11 is 0. The van der Waals surface area contributed by atoms with E-state index in [2.05, 4.69) is 40.1 Å². The molecule has 0 aromatic heterocycles. The lowest BCUT2D eigenvalue weighted by atomic mass is 9.89. The van der Waals surface area contributed by atoms with E-state index in [1.807, 2.05) is 41.3 Å². The number of fused-ring (bicyclic) bond motifs is 3. The lowest BCUT2D eigenvalue weighted by Gasteiger charge is -2.39. The molecule has 0 bridgehead atoms. The number of carbonyl (C=O) groups excluding carboxylic acids is 2. The van der Waals surface area contributed by atoms with Crippen molar-refractivity contribution < 1.29 is 28.9 Å². The summed E-state index contributed by atoms with van der Waals surface area (Å²) in [5.41, 5.74) is 6.18. The zero-order chi connectivity index (χ0) is 38.2. The largest absolute Gasteiger partial charge is 0.508 e. The number of ether oxygens (including phenoxy) is 3. The number of hydrogen-bond acceptors (Lipinski definition) is 9. The van der Waals surface area contributed by atoms with E-state index in [1.165, 1.54) is 5.56 Å². The van der Waals surface area contributed by atoms with Crippen LogP contribution in [-0.2, 0) is 22.5 Å². The predicted octanol–water partition coefficient (Wildman–Crippen LogP) is 6.46. The molecule has 56 heavy (non-hydrogen) atoms. The van der Waals surface area contributed by atoms with Crippen molar-refractivity contribution in [3.63, 3.8) is 0 Å². The number of benzene rings is 4. The second-order valence-electron chi connectivity index (χ2n) is 14.9. The van der Waals surface area contributed by atoms with Gasteiger partial charge in [0.2, 0.25) is 12.7 Å². The quantitative estimate of drug-likeness (QED) is 0.217. The molecule has 9 rings (SSSR count).